The van der Waals surface area contributed by atoms with E-state index in [2.05, 4.69) is 12.2 Å². The van der Waals surface area contributed by atoms with E-state index in [1.165, 1.54) is 0 Å². The number of ether oxygens (including phenoxy) is 1. The first-order valence-corrected chi connectivity index (χ1v) is 6.52. The summed E-state index contributed by atoms with van der Waals surface area (Å²) >= 11 is 0. The first-order chi connectivity index (χ1) is 8.74. The van der Waals surface area contributed by atoms with Gasteiger partial charge in [0, 0.05) is 12.0 Å². The molecule has 18 heavy (non-hydrogen) atoms. The number of anilines is 1. The normalized spacial score (nSPS) is 17.6. The van der Waals surface area contributed by atoms with E-state index in [0.29, 0.717) is 13.0 Å². The quantitative estimate of drug-likeness (QED) is 0.784. The molecule has 0 spiro atoms. The highest BCUT2D eigenvalue weighted by molar-refractivity contribution is 5.97. The van der Waals surface area contributed by atoms with Crippen LogP contribution < -0.4 is 15.8 Å². The number of fused-ring (bicyclic) bond motifs is 1. The number of rotatable bonds is 5. The monoisotopic (exact) mass is 248 g/mol. The van der Waals surface area contributed by atoms with E-state index in [9.17, 15) is 4.79 Å². The smallest absolute Gasteiger partial charge is 0.163 e. The number of ketones is 1. The van der Waals surface area contributed by atoms with Crippen molar-refractivity contribution in [3.8, 4) is 5.75 Å². The molecule has 0 saturated carbocycles. The van der Waals surface area contributed by atoms with Gasteiger partial charge >= 0.3 is 0 Å². The molecule has 0 aliphatic carbocycles. The maximum absolute atomic E-state index is 11.9. The van der Waals surface area contributed by atoms with E-state index >= 15 is 0 Å². The van der Waals surface area contributed by atoms with Crippen LogP contribution in [0.2, 0.25) is 0 Å². The predicted octanol–water partition coefficient (Wildman–Crippen LogP) is 2.19. The minimum atomic E-state index is 0.141. The van der Waals surface area contributed by atoms with E-state index in [-0.39, 0.29) is 11.9 Å². The summed E-state index contributed by atoms with van der Waals surface area (Å²) < 4.78 is 5.80. The second kappa shape index (κ2) is 5.87. The Bertz CT molecular complexity index is 432. The van der Waals surface area contributed by atoms with Gasteiger partial charge < -0.3 is 15.8 Å². The Morgan fingerprint density at radius 1 is 1.56 bits per heavy atom. The third-order valence-corrected chi connectivity index (χ3v) is 3.18. The van der Waals surface area contributed by atoms with Gasteiger partial charge in [0.25, 0.3) is 0 Å². The van der Waals surface area contributed by atoms with Gasteiger partial charge in [-0.15, -0.1) is 0 Å². The van der Waals surface area contributed by atoms with E-state index in [1.807, 2.05) is 18.2 Å². The summed E-state index contributed by atoms with van der Waals surface area (Å²) in [4.78, 5) is 11.9. The fraction of sp³-hybridized carbons (Fsp3) is 0.500. The van der Waals surface area contributed by atoms with Gasteiger partial charge in [-0.1, -0.05) is 6.92 Å². The summed E-state index contributed by atoms with van der Waals surface area (Å²) in [6.07, 6.45) is 2.44. The van der Waals surface area contributed by atoms with Crippen molar-refractivity contribution >= 4 is 11.5 Å². The van der Waals surface area contributed by atoms with Crippen molar-refractivity contribution in [2.75, 3.05) is 18.4 Å². The van der Waals surface area contributed by atoms with Gasteiger partial charge in [0.1, 0.15) is 11.9 Å². The number of benzene rings is 1. The molecule has 1 aromatic carbocycles. The predicted molar refractivity (Wildman–Crippen MR) is 72.3 cm³/mol. The zero-order chi connectivity index (χ0) is 13.0. The second-order valence-electron chi connectivity index (χ2n) is 4.56. The number of carbonyl (C=O) groups excluding carboxylic acids is 1. The molecule has 1 atom stereocenters. The number of hydrogen-bond acceptors (Lipinski definition) is 4. The Morgan fingerprint density at radius 2 is 2.39 bits per heavy atom. The van der Waals surface area contributed by atoms with E-state index in [1.54, 1.807) is 0 Å². The molecule has 4 nitrogen and oxygen atoms in total. The van der Waals surface area contributed by atoms with Crippen molar-refractivity contribution < 1.29 is 9.53 Å². The van der Waals surface area contributed by atoms with Crippen molar-refractivity contribution in [1.82, 2.24) is 0 Å². The summed E-state index contributed by atoms with van der Waals surface area (Å²) in [6, 6.07) is 5.58. The first-order valence-electron chi connectivity index (χ1n) is 6.52. The zero-order valence-corrected chi connectivity index (χ0v) is 10.7. The molecule has 0 saturated heterocycles. The van der Waals surface area contributed by atoms with Crippen LogP contribution in [0.25, 0.3) is 0 Å². The van der Waals surface area contributed by atoms with E-state index < -0.39 is 0 Å². The third kappa shape index (κ3) is 2.82. The topological polar surface area (TPSA) is 64.4 Å². The van der Waals surface area contributed by atoms with Crippen molar-refractivity contribution in [2.45, 2.75) is 32.3 Å². The Morgan fingerprint density at radius 3 is 3.11 bits per heavy atom. The molecule has 1 aliphatic heterocycles. The molecule has 1 aromatic rings. The van der Waals surface area contributed by atoms with Crippen LogP contribution in [0.15, 0.2) is 18.2 Å². The summed E-state index contributed by atoms with van der Waals surface area (Å²) in [6.45, 7) is 3.45. The first kappa shape index (κ1) is 12.9. The highest BCUT2D eigenvalue weighted by atomic mass is 16.5. The molecule has 0 radical (unpaired) electrons. The second-order valence-corrected chi connectivity index (χ2v) is 4.56. The highest BCUT2D eigenvalue weighted by Crippen LogP contribution is 2.31. The van der Waals surface area contributed by atoms with Crippen molar-refractivity contribution in [2.24, 2.45) is 5.73 Å². The average molecular weight is 248 g/mol. The largest absolute Gasteiger partial charge is 0.486 e. The number of nitrogens with two attached hydrogens (primary N) is 1. The van der Waals surface area contributed by atoms with Gasteiger partial charge in [0.05, 0.1) is 12.2 Å². The summed E-state index contributed by atoms with van der Waals surface area (Å²) in [5.41, 5.74) is 7.06. The van der Waals surface area contributed by atoms with E-state index in [4.69, 9.17) is 10.5 Å². The van der Waals surface area contributed by atoms with Crippen LogP contribution in [0, 0.1) is 0 Å². The van der Waals surface area contributed by atoms with Gasteiger partial charge in [-0.25, -0.2) is 0 Å². The van der Waals surface area contributed by atoms with E-state index in [0.717, 1.165) is 36.4 Å². The van der Waals surface area contributed by atoms with Crippen molar-refractivity contribution in [3.63, 3.8) is 0 Å². The van der Waals surface area contributed by atoms with Gasteiger partial charge in [-0.2, -0.15) is 0 Å². The third-order valence-electron chi connectivity index (χ3n) is 3.18. The molecule has 1 aliphatic rings. The molecule has 1 heterocycles. The number of nitrogens with one attached hydrogen (secondary N) is 1. The molecular formula is C14H20N2O2. The lowest BCUT2D eigenvalue weighted by atomic mass is 10.0. The Labute approximate surface area is 108 Å². The van der Waals surface area contributed by atoms with Crippen LogP contribution in [0.5, 0.6) is 5.75 Å². The molecule has 1 unspecified atom stereocenters. The molecule has 0 aromatic heterocycles. The molecule has 4 heteroatoms. The van der Waals surface area contributed by atoms with Gasteiger partial charge in [-0.3, -0.25) is 4.79 Å². The zero-order valence-electron chi connectivity index (χ0n) is 10.7. The molecule has 0 fully saturated rings. The molecular weight excluding hydrogens is 228 g/mol. The molecule has 2 rings (SSSR count). The molecule has 3 N–H and O–H groups in total. The van der Waals surface area contributed by atoms with Gasteiger partial charge in [-0.05, 0) is 37.6 Å². The minimum Gasteiger partial charge on any atom is -0.486 e. The maximum Gasteiger partial charge on any atom is 0.163 e. The molecule has 0 bridgehead atoms. The lowest BCUT2D eigenvalue weighted by Crippen LogP contribution is -2.30. The van der Waals surface area contributed by atoms with Crippen LogP contribution in [0.4, 0.5) is 5.69 Å². The fourth-order valence-corrected chi connectivity index (χ4v) is 2.02. The van der Waals surface area contributed by atoms with Crippen molar-refractivity contribution in [1.29, 1.82) is 0 Å². The van der Waals surface area contributed by atoms with Crippen LogP contribution in [-0.2, 0) is 0 Å². The molecule has 0 amide bonds. The number of hydrogen-bond donors (Lipinski definition) is 2. The highest BCUT2D eigenvalue weighted by Gasteiger charge is 2.18. The van der Waals surface area contributed by atoms with Crippen molar-refractivity contribution in [3.05, 3.63) is 23.8 Å². The maximum atomic E-state index is 11.9. The summed E-state index contributed by atoms with van der Waals surface area (Å²) in [5, 5.41) is 3.31. The van der Waals surface area contributed by atoms with Crippen LogP contribution in [-0.4, -0.2) is 25.0 Å². The van der Waals surface area contributed by atoms with Crippen LogP contribution in [0.1, 0.15) is 36.5 Å². The molecule has 98 valence electrons. The Balaban J connectivity index is 2.11. The Kier molecular flexibility index (Phi) is 4.20. The lowest BCUT2D eigenvalue weighted by molar-refractivity contribution is 0.0980. The minimum absolute atomic E-state index is 0.141. The van der Waals surface area contributed by atoms with Gasteiger partial charge in [0.2, 0.25) is 0 Å². The average Bonchev–Trinajstić information content (AvgIpc) is 2.43. The van der Waals surface area contributed by atoms with Crippen LogP contribution in [0.3, 0.4) is 0 Å². The lowest BCUT2D eigenvalue weighted by Gasteiger charge is -2.26. The summed E-state index contributed by atoms with van der Waals surface area (Å²) in [5.74, 6) is 0.978. The van der Waals surface area contributed by atoms with Crippen LogP contribution >= 0.6 is 0 Å². The Hall–Kier alpha value is -1.55. The summed E-state index contributed by atoms with van der Waals surface area (Å²) in [7, 11) is 0. The number of Topliss-reactive ketones (excluding diaryl/α,β-unsaturated/α-hetero) is 1. The standard InChI is InChI=1S/C14H20N2O2/c1-2-11-9-16-12-8-10(5-6-14(12)18-11)13(17)4-3-7-15/h5-6,8,11,16H,2-4,7,9,15H2,1H3. The number of carbonyl (C=O) groups is 1. The SMILES string of the molecule is CCC1CNc2cc(C(=O)CCCN)ccc2O1. The van der Waals surface area contributed by atoms with Gasteiger partial charge in [0.15, 0.2) is 5.78 Å². The fourth-order valence-electron chi connectivity index (χ4n) is 2.02.